The summed E-state index contributed by atoms with van der Waals surface area (Å²) in [7, 11) is 0. The van der Waals surface area contributed by atoms with Crippen LogP contribution in [0.25, 0.3) is 0 Å². The highest BCUT2D eigenvalue weighted by atomic mass is 15.1. The minimum Gasteiger partial charge on any atom is -0.326 e. The molecule has 0 unspecified atom stereocenters. The van der Waals surface area contributed by atoms with Crippen molar-refractivity contribution in [2.75, 3.05) is 5.32 Å². The van der Waals surface area contributed by atoms with Gasteiger partial charge >= 0.3 is 0 Å². The Morgan fingerprint density at radius 1 is 1.22 bits per heavy atom. The molecule has 0 aliphatic carbocycles. The van der Waals surface area contributed by atoms with Crippen LogP contribution in [0.4, 0.5) is 11.6 Å². The third-order valence-electron chi connectivity index (χ3n) is 2.76. The van der Waals surface area contributed by atoms with Crippen molar-refractivity contribution < 1.29 is 0 Å². The molecule has 4 nitrogen and oxygen atoms in total. The Bertz CT molecular complexity index is 505. The van der Waals surface area contributed by atoms with Gasteiger partial charge < -0.3 is 11.1 Å². The van der Waals surface area contributed by atoms with Gasteiger partial charge in [0.1, 0.15) is 0 Å². The van der Waals surface area contributed by atoms with Crippen LogP contribution in [0.15, 0.2) is 36.7 Å². The van der Waals surface area contributed by atoms with E-state index in [1.54, 1.807) is 0 Å². The molecule has 2 aromatic rings. The number of nitrogens with two attached hydrogens (primary N) is 1. The fourth-order valence-corrected chi connectivity index (χ4v) is 1.61. The van der Waals surface area contributed by atoms with Gasteiger partial charge in [0.2, 0.25) is 5.95 Å². The molecule has 1 aromatic carbocycles. The standard InChI is InChI=1S/C14H18N4/c1-10(2)12-8-16-14(17-9-12)18-13-5-3-4-11(6-13)7-15/h3-6,8-10H,7,15H2,1-2H3,(H,16,17,18). The fraction of sp³-hybridized carbons (Fsp3) is 0.286. The quantitative estimate of drug-likeness (QED) is 0.865. The van der Waals surface area contributed by atoms with Gasteiger partial charge in [-0.3, -0.25) is 0 Å². The van der Waals surface area contributed by atoms with Crippen molar-refractivity contribution >= 4 is 11.6 Å². The van der Waals surface area contributed by atoms with E-state index in [9.17, 15) is 0 Å². The zero-order valence-corrected chi connectivity index (χ0v) is 10.7. The second-order valence-corrected chi connectivity index (χ2v) is 4.52. The van der Waals surface area contributed by atoms with Gasteiger partial charge in [0.15, 0.2) is 0 Å². The Balaban J connectivity index is 2.13. The summed E-state index contributed by atoms with van der Waals surface area (Å²) in [5.41, 5.74) is 8.78. The molecule has 1 heterocycles. The lowest BCUT2D eigenvalue weighted by Crippen LogP contribution is -2.00. The lowest BCUT2D eigenvalue weighted by Gasteiger charge is -2.08. The second-order valence-electron chi connectivity index (χ2n) is 4.52. The predicted octanol–water partition coefficient (Wildman–Crippen LogP) is 2.80. The van der Waals surface area contributed by atoms with Crippen LogP contribution < -0.4 is 11.1 Å². The molecule has 2 rings (SSSR count). The summed E-state index contributed by atoms with van der Waals surface area (Å²) in [4.78, 5) is 8.59. The maximum absolute atomic E-state index is 5.61. The van der Waals surface area contributed by atoms with Crippen molar-refractivity contribution in [1.82, 2.24) is 9.97 Å². The minimum absolute atomic E-state index is 0.444. The summed E-state index contributed by atoms with van der Waals surface area (Å²) in [6.07, 6.45) is 3.71. The summed E-state index contributed by atoms with van der Waals surface area (Å²) in [5.74, 6) is 1.05. The molecule has 18 heavy (non-hydrogen) atoms. The summed E-state index contributed by atoms with van der Waals surface area (Å²) in [6, 6.07) is 7.93. The van der Waals surface area contributed by atoms with Gasteiger partial charge in [-0.2, -0.15) is 0 Å². The molecule has 0 atom stereocenters. The summed E-state index contributed by atoms with van der Waals surface area (Å²) in [6.45, 7) is 4.77. The van der Waals surface area contributed by atoms with Crippen LogP contribution in [0.3, 0.4) is 0 Å². The first kappa shape index (κ1) is 12.5. The minimum atomic E-state index is 0.444. The van der Waals surface area contributed by atoms with E-state index in [2.05, 4.69) is 29.1 Å². The van der Waals surface area contributed by atoms with E-state index < -0.39 is 0 Å². The Morgan fingerprint density at radius 2 is 1.94 bits per heavy atom. The average Bonchev–Trinajstić information content (AvgIpc) is 2.39. The van der Waals surface area contributed by atoms with Gasteiger partial charge in [0.05, 0.1) is 0 Å². The highest BCUT2D eigenvalue weighted by molar-refractivity contribution is 5.54. The van der Waals surface area contributed by atoms with E-state index in [-0.39, 0.29) is 0 Å². The summed E-state index contributed by atoms with van der Waals surface area (Å²) >= 11 is 0. The Morgan fingerprint density at radius 3 is 2.56 bits per heavy atom. The lowest BCUT2D eigenvalue weighted by atomic mass is 10.1. The molecular weight excluding hydrogens is 224 g/mol. The van der Waals surface area contributed by atoms with Gasteiger partial charge in [-0.05, 0) is 29.2 Å². The average molecular weight is 242 g/mol. The third kappa shape index (κ3) is 3.05. The topological polar surface area (TPSA) is 63.8 Å². The summed E-state index contributed by atoms with van der Waals surface area (Å²) < 4.78 is 0. The predicted molar refractivity (Wildman–Crippen MR) is 73.7 cm³/mol. The maximum Gasteiger partial charge on any atom is 0.227 e. The van der Waals surface area contributed by atoms with Gasteiger partial charge in [-0.1, -0.05) is 26.0 Å². The second kappa shape index (κ2) is 5.60. The molecule has 0 amide bonds. The molecule has 0 bridgehead atoms. The number of rotatable bonds is 4. The highest BCUT2D eigenvalue weighted by Gasteiger charge is 2.02. The number of hydrogen-bond acceptors (Lipinski definition) is 4. The Kier molecular flexibility index (Phi) is 3.89. The molecule has 0 saturated carbocycles. The first-order chi connectivity index (χ1) is 8.69. The molecule has 0 fully saturated rings. The van der Waals surface area contributed by atoms with Crippen molar-refractivity contribution in [3.8, 4) is 0 Å². The zero-order chi connectivity index (χ0) is 13.0. The van der Waals surface area contributed by atoms with E-state index in [0.717, 1.165) is 16.8 Å². The molecular formula is C14H18N4. The van der Waals surface area contributed by atoms with E-state index in [4.69, 9.17) is 5.73 Å². The fourth-order valence-electron chi connectivity index (χ4n) is 1.61. The first-order valence-corrected chi connectivity index (χ1v) is 6.07. The number of benzene rings is 1. The third-order valence-corrected chi connectivity index (χ3v) is 2.76. The van der Waals surface area contributed by atoms with Crippen molar-refractivity contribution in [3.63, 3.8) is 0 Å². The molecule has 0 spiro atoms. The van der Waals surface area contributed by atoms with Crippen molar-refractivity contribution in [1.29, 1.82) is 0 Å². The van der Waals surface area contributed by atoms with Crippen LogP contribution in [-0.4, -0.2) is 9.97 Å². The first-order valence-electron chi connectivity index (χ1n) is 6.07. The normalized spacial score (nSPS) is 10.7. The molecule has 94 valence electrons. The van der Waals surface area contributed by atoms with Crippen LogP contribution in [0.5, 0.6) is 0 Å². The number of nitrogens with zero attached hydrogens (tertiary/aromatic N) is 2. The monoisotopic (exact) mass is 242 g/mol. The Labute approximate surface area is 107 Å². The van der Waals surface area contributed by atoms with Gasteiger partial charge in [0, 0.05) is 24.6 Å². The molecule has 0 saturated heterocycles. The largest absolute Gasteiger partial charge is 0.326 e. The molecule has 0 radical (unpaired) electrons. The van der Waals surface area contributed by atoms with Gasteiger partial charge in [-0.25, -0.2) is 9.97 Å². The van der Waals surface area contributed by atoms with Gasteiger partial charge in [-0.15, -0.1) is 0 Å². The van der Waals surface area contributed by atoms with Crippen LogP contribution in [-0.2, 0) is 6.54 Å². The molecule has 3 N–H and O–H groups in total. The highest BCUT2D eigenvalue weighted by Crippen LogP contribution is 2.16. The van der Waals surface area contributed by atoms with Crippen LogP contribution in [0.1, 0.15) is 30.9 Å². The van der Waals surface area contributed by atoms with Crippen molar-refractivity contribution in [3.05, 3.63) is 47.8 Å². The van der Waals surface area contributed by atoms with Crippen LogP contribution >= 0.6 is 0 Å². The van der Waals surface area contributed by atoms with Crippen LogP contribution in [0.2, 0.25) is 0 Å². The van der Waals surface area contributed by atoms with Crippen molar-refractivity contribution in [2.24, 2.45) is 5.73 Å². The van der Waals surface area contributed by atoms with E-state index in [1.165, 1.54) is 0 Å². The molecule has 0 aliphatic heterocycles. The number of hydrogen-bond donors (Lipinski definition) is 2. The summed E-state index contributed by atoms with van der Waals surface area (Å²) in [5, 5.41) is 3.17. The number of anilines is 2. The number of nitrogens with one attached hydrogen (secondary N) is 1. The van der Waals surface area contributed by atoms with E-state index in [1.807, 2.05) is 36.7 Å². The molecule has 1 aromatic heterocycles. The van der Waals surface area contributed by atoms with E-state index >= 15 is 0 Å². The maximum atomic E-state index is 5.61. The SMILES string of the molecule is CC(C)c1cnc(Nc2cccc(CN)c2)nc1. The molecule has 4 heteroatoms. The van der Waals surface area contributed by atoms with E-state index in [0.29, 0.717) is 18.4 Å². The molecule has 0 aliphatic rings. The number of aromatic nitrogens is 2. The lowest BCUT2D eigenvalue weighted by molar-refractivity contribution is 0.847. The zero-order valence-electron chi connectivity index (χ0n) is 10.7. The van der Waals surface area contributed by atoms with Gasteiger partial charge in [0.25, 0.3) is 0 Å². The smallest absolute Gasteiger partial charge is 0.227 e. The van der Waals surface area contributed by atoms with Crippen LogP contribution in [0, 0.1) is 0 Å². The Hall–Kier alpha value is -1.94. The van der Waals surface area contributed by atoms with Crippen molar-refractivity contribution in [2.45, 2.75) is 26.3 Å².